The summed E-state index contributed by atoms with van der Waals surface area (Å²) in [5, 5.41) is 0.00926. The van der Waals surface area contributed by atoms with E-state index in [0.29, 0.717) is 0 Å². The first-order valence-corrected chi connectivity index (χ1v) is 4.08. The van der Waals surface area contributed by atoms with Gasteiger partial charge in [0.25, 0.3) is 0 Å². The molecule has 0 radical (unpaired) electrons. The van der Waals surface area contributed by atoms with Crippen molar-refractivity contribution in [2.45, 2.75) is 18.6 Å². The van der Waals surface area contributed by atoms with Gasteiger partial charge < -0.3 is 0 Å². The Morgan fingerprint density at radius 2 is 2.44 bits per heavy atom. The second kappa shape index (κ2) is 4.64. The molecule has 0 aliphatic carbocycles. The van der Waals surface area contributed by atoms with Crippen LogP contribution in [0.4, 0.5) is 0 Å². The van der Waals surface area contributed by atoms with Crippen molar-refractivity contribution in [3.8, 4) is 0 Å². The first kappa shape index (κ1) is 8.78. The number of rotatable bonds is 3. The van der Waals surface area contributed by atoms with Gasteiger partial charge >= 0.3 is 0 Å². The van der Waals surface area contributed by atoms with Gasteiger partial charge in [0.05, 0.1) is 5.25 Å². The van der Waals surface area contributed by atoms with Crippen LogP contribution in [-0.4, -0.2) is 17.4 Å². The van der Waals surface area contributed by atoms with Crippen LogP contribution in [0.2, 0.25) is 0 Å². The number of thioether (sulfide) groups is 1. The molecular weight excluding hydrogens is 136 g/mol. The fraction of sp³-hybridized carbons (Fsp3) is 0.800. The highest BCUT2D eigenvalue weighted by atomic mass is 32.2. The molecule has 4 heteroatoms. The van der Waals surface area contributed by atoms with Crippen LogP contribution in [0.1, 0.15) is 13.3 Å². The summed E-state index contributed by atoms with van der Waals surface area (Å²) < 4.78 is 0. The Balaban J connectivity index is 3.64. The van der Waals surface area contributed by atoms with E-state index in [9.17, 15) is 4.79 Å². The number of amides is 1. The number of carbonyl (C=O) groups excluding carboxylic acids is 1. The zero-order valence-corrected chi connectivity index (χ0v) is 6.49. The number of nitrogens with two attached hydrogens (primary N) is 1. The highest BCUT2D eigenvalue weighted by Crippen LogP contribution is 2.08. The Morgan fingerprint density at radius 1 is 1.89 bits per heavy atom. The Kier molecular flexibility index (Phi) is 4.53. The van der Waals surface area contributed by atoms with Crippen LogP contribution < -0.4 is 11.3 Å². The van der Waals surface area contributed by atoms with E-state index >= 15 is 0 Å². The van der Waals surface area contributed by atoms with Crippen LogP contribution in [0.3, 0.4) is 0 Å². The van der Waals surface area contributed by atoms with Crippen molar-refractivity contribution in [3.63, 3.8) is 0 Å². The molecular formula is C5H12N2OS. The molecule has 0 spiro atoms. The first-order valence-electron chi connectivity index (χ1n) is 2.79. The summed E-state index contributed by atoms with van der Waals surface area (Å²) in [6.45, 7) is 1.95. The predicted octanol–water partition coefficient (Wildman–Crippen LogP) is 0.118. The van der Waals surface area contributed by atoms with Crippen molar-refractivity contribution in [2.75, 3.05) is 6.26 Å². The molecule has 0 rings (SSSR count). The molecule has 1 amide bonds. The smallest absolute Gasteiger partial charge is 0.246 e. The molecule has 0 aromatic heterocycles. The van der Waals surface area contributed by atoms with E-state index in [-0.39, 0.29) is 11.2 Å². The van der Waals surface area contributed by atoms with Gasteiger partial charge in [-0.2, -0.15) is 11.8 Å². The third-order valence-electron chi connectivity index (χ3n) is 1.09. The van der Waals surface area contributed by atoms with Crippen molar-refractivity contribution >= 4 is 17.7 Å². The lowest BCUT2D eigenvalue weighted by molar-refractivity contribution is -0.120. The Morgan fingerprint density at radius 3 is 2.56 bits per heavy atom. The average Bonchev–Trinajstić information content (AvgIpc) is 1.90. The van der Waals surface area contributed by atoms with Crippen molar-refractivity contribution in [3.05, 3.63) is 0 Å². The predicted molar refractivity (Wildman–Crippen MR) is 39.9 cm³/mol. The van der Waals surface area contributed by atoms with Crippen LogP contribution in [0.5, 0.6) is 0 Å². The van der Waals surface area contributed by atoms with E-state index in [0.717, 1.165) is 6.42 Å². The molecule has 54 valence electrons. The third-order valence-corrected chi connectivity index (χ3v) is 2.21. The second-order valence-corrected chi connectivity index (χ2v) is 2.68. The number of hydrogen-bond donors (Lipinski definition) is 2. The van der Waals surface area contributed by atoms with Gasteiger partial charge in [-0.25, -0.2) is 5.84 Å². The molecule has 0 fully saturated rings. The largest absolute Gasteiger partial charge is 0.293 e. The molecule has 0 aromatic rings. The zero-order valence-electron chi connectivity index (χ0n) is 5.68. The number of carbonyl (C=O) groups is 1. The fourth-order valence-corrected chi connectivity index (χ4v) is 1.17. The first-order chi connectivity index (χ1) is 4.26. The molecule has 0 saturated heterocycles. The van der Waals surface area contributed by atoms with Crippen LogP contribution in [0.25, 0.3) is 0 Å². The summed E-state index contributed by atoms with van der Waals surface area (Å²) in [4.78, 5) is 10.7. The van der Waals surface area contributed by atoms with Crippen molar-refractivity contribution in [1.29, 1.82) is 0 Å². The minimum atomic E-state index is -0.0926. The monoisotopic (exact) mass is 148 g/mol. The van der Waals surface area contributed by atoms with E-state index in [1.54, 1.807) is 0 Å². The Hall–Kier alpha value is -0.220. The lowest BCUT2D eigenvalue weighted by Crippen LogP contribution is -2.37. The molecule has 0 aromatic carbocycles. The molecule has 0 heterocycles. The maximum Gasteiger partial charge on any atom is 0.246 e. The topological polar surface area (TPSA) is 55.1 Å². The average molecular weight is 148 g/mol. The van der Waals surface area contributed by atoms with Gasteiger partial charge in [0.1, 0.15) is 0 Å². The molecule has 0 saturated carbocycles. The van der Waals surface area contributed by atoms with Gasteiger partial charge in [0.2, 0.25) is 5.91 Å². The Labute approximate surface area is 59.3 Å². The quantitative estimate of drug-likeness (QED) is 0.339. The number of nitrogens with one attached hydrogen (secondary N) is 1. The van der Waals surface area contributed by atoms with E-state index < -0.39 is 0 Å². The molecule has 0 bridgehead atoms. The van der Waals surface area contributed by atoms with Crippen LogP contribution in [-0.2, 0) is 4.79 Å². The summed E-state index contributed by atoms with van der Waals surface area (Å²) in [6.07, 6.45) is 2.72. The summed E-state index contributed by atoms with van der Waals surface area (Å²) in [6, 6.07) is 0. The van der Waals surface area contributed by atoms with Crippen LogP contribution in [0, 0.1) is 0 Å². The van der Waals surface area contributed by atoms with Gasteiger partial charge in [-0.15, -0.1) is 0 Å². The third kappa shape index (κ3) is 2.72. The molecule has 0 aliphatic rings. The molecule has 0 aliphatic heterocycles. The highest BCUT2D eigenvalue weighted by Gasteiger charge is 2.11. The maximum absolute atomic E-state index is 10.7. The summed E-state index contributed by atoms with van der Waals surface area (Å²) >= 11 is 1.51. The standard InChI is InChI=1S/C5H12N2OS/c1-3-4(9-2)5(8)7-6/h4H,3,6H2,1-2H3,(H,7,8). The SMILES string of the molecule is CCC(SC)C(=O)NN. The minimum absolute atomic E-state index is 0.00926. The number of hydrazine groups is 1. The fourth-order valence-electron chi connectivity index (χ4n) is 0.552. The lowest BCUT2D eigenvalue weighted by atomic mass is 10.3. The van der Waals surface area contributed by atoms with E-state index in [4.69, 9.17) is 5.84 Å². The van der Waals surface area contributed by atoms with Gasteiger partial charge in [-0.05, 0) is 12.7 Å². The molecule has 9 heavy (non-hydrogen) atoms. The molecule has 3 nitrogen and oxygen atoms in total. The van der Waals surface area contributed by atoms with E-state index in [1.807, 2.05) is 13.2 Å². The van der Waals surface area contributed by atoms with Crippen molar-refractivity contribution < 1.29 is 4.79 Å². The van der Waals surface area contributed by atoms with Crippen LogP contribution in [0.15, 0.2) is 0 Å². The molecule has 3 N–H and O–H groups in total. The van der Waals surface area contributed by atoms with Crippen molar-refractivity contribution in [2.24, 2.45) is 5.84 Å². The number of hydrogen-bond acceptors (Lipinski definition) is 3. The van der Waals surface area contributed by atoms with Crippen molar-refractivity contribution in [1.82, 2.24) is 5.43 Å². The van der Waals surface area contributed by atoms with Gasteiger partial charge in [0, 0.05) is 0 Å². The van der Waals surface area contributed by atoms with Gasteiger partial charge in [0.15, 0.2) is 0 Å². The maximum atomic E-state index is 10.7. The molecule has 1 atom stereocenters. The van der Waals surface area contributed by atoms with E-state index in [2.05, 4.69) is 5.43 Å². The highest BCUT2D eigenvalue weighted by molar-refractivity contribution is 7.99. The summed E-state index contributed by atoms with van der Waals surface area (Å²) in [5.41, 5.74) is 2.11. The van der Waals surface area contributed by atoms with Gasteiger partial charge in [-0.3, -0.25) is 10.2 Å². The lowest BCUT2D eigenvalue weighted by Gasteiger charge is -2.07. The normalized spacial score (nSPS) is 12.8. The van der Waals surface area contributed by atoms with Gasteiger partial charge in [-0.1, -0.05) is 6.92 Å². The minimum Gasteiger partial charge on any atom is -0.293 e. The second-order valence-electron chi connectivity index (χ2n) is 1.64. The zero-order chi connectivity index (χ0) is 7.28. The molecule has 1 unspecified atom stereocenters. The summed E-state index contributed by atoms with van der Waals surface area (Å²) in [7, 11) is 0. The Bertz CT molecular complexity index is 93.0. The summed E-state index contributed by atoms with van der Waals surface area (Å²) in [5.74, 6) is 4.82. The van der Waals surface area contributed by atoms with E-state index in [1.165, 1.54) is 11.8 Å². The van der Waals surface area contributed by atoms with Crippen LogP contribution >= 0.6 is 11.8 Å².